The van der Waals surface area contributed by atoms with Gasteiger partial charge in [0.25, 0.3) is 5.91 Å². The van der Waals surface area contributed by atoms with Crippen molar-refractivity contribution in [1.29, 1.82) is 0 Å². The first kappa shape index (κ1) is 39.8. The lowest BCUT2D eigenvalue weighted by atomic mass is 9.83. The number of hydrogen-bond donors (Lipinski definition) is 4. The van der Waals surface area contributed by atoms with E-state index in [1.54, 1.807) is 4.90 Å². The molecule has 2 heterocycles. The molecule has 14 heteroatoms. The van der Waals surface area contributed by atoms with E-state index in [4.69, 9.17) is 0 Å². The van der Waals surface area contributed by atoms with E-state index < -0.39 is 63.2 Å². The van der Waals surface area contributed by atoms with E-state index in [-0.39, 0.29) is 47.9 Å². The van der Waals surface area contributed by atoms with Gasteiger partial charge in [0, 0.05) is 32.2 Å². The topological polar surface area (TPSA) is 174 Å². The molecule has 0 bridgehead atoms. The Morgan fingerprint density at radius 1 is 1.00 bits per heavy atom. The number of carbonyl (C=O) groups excluding carboxylic acids is 5. The molecule has 0 aromatic carbocycles. The van der Waals surface area contributed by atoms with Crippen LogP contribution in [0.3, 0.4) is 0 Å². The third-order valence-corrected chi connectivity index (χ3v) is 13.4. The van der Waals surface area contributed by atoms with Gasteiger partial charge in [0.05, 0.1) is 11.8 Å². The molecule has 2 aliphatic carbocycles. The van der Waals surface area contributed by atoms with Crippen LogP contribution in [0.15, 0.2) is 12.7 Å². The first-order chi connectivity index (χ1) is 23.4. The molecule has 2 saturated heterocycles. The van der Waals surface area contributed by atoms with Crippen LogP contribution in [0, 0.1) is 28.6 Å². The van der Waals surface area contributed by atoms with Crippen molar-refractivity contribution in [2.45, 2.75) is 123 Å². The van der Waals surface area contributed by atoms with E-state index >= 15 is 0 Å². The summed E-state index contributed by atoms with van der Waals surface area (Å²) in [6.07, 6.45) is 8.09. The lowest BCUT2D eigenvalue weighted by Gasteiger charge is -2.38. The van der Waals surface area contributed by atoms with Gasteiger partial charge in [0.15, 0.2) is 0 Å². The summed E-state index contributed by atoms with van der Waals surface area (Å²) in [4.78, 5) is 69.8. The molecule has 50 heavy (non-hydrogen) atoms. The van der Waals surface area contributed by atoms with E-state index in [2.05, 4.69) is 41.7 Å². The van der Waals surface area contributed by atoms with Crippen molar-refractivity contribution in [3.05, 3.63) is 12.7 Å². The molecule has 6 atom stereocenters. The normalized spacial score (nSPS) is 26.2. The van der Waals surface area contributed by atoms with Crippen molar-refractivity contribution < 1.29 is 32.4 Å². The van der Waals surface area contributed by atoms with Crippen LogP contribution in [0.5, 0.6) is 0 Å². The average molecular weight is 721 g/mol. The third kappa shape index (κ3) is 9.07. The van der Waals surface area contributed by atoms with Crippen LogP contribution < -0.4 is 21.3 Å². The van der Waals surface area contributed by atoms with Crippen LogP contribution in [0.25, 0.3) is 0 Å². The second-order valence-electron chi connectivity index (χ2n) is 16.4. The highest BCUT2D eigenvalue weighted by atomic mass is 32.2. The Morgan fingerprint density at radius 3 is 2.26 bits per heavy atom. The van der Waals surface area contributed by atoms with E-state index in [0.717, 1.165) is 38.5 Å². The summed E-state index contributed by atoms with van der Waals surface area (Å²) in [6, 6.07) is -3.83. The number of rotatable bonds is 15. The van der Waals surface area contributed by atoms with Gasteiger partial charge in [0.2, 0.25) is 27.6 Å². The first-order valence-electron chi connectivity index (χ1n) is 18.5. The van der Waals surface area contributed by atoms with Crippen molar-refractivity contribution in [3.8, 4) is 0 Å². The number of nitrogens with zero attached hydrogens (tertiary/aromatic N) is 2. The van der Waals surface area contributed by atoms with Crippen LogP contribution in [0.4, 0.5) is 4.79 Å². The molecule has 5 amide bonds. The zero-order valence-corrected chi connectivity index (χ0v) is 31.7. The van der Waals surface area contributed by atoms with Crippen LogP contribution in [0.2, 0.25) is 0 Å². The number of unbranched alkanes of at least 4 members (excludes halogenated alkanes) is 1. The molecule has 0 aromatic heterocycles. The van der Waals surface area contributed by atoms with Crippen LogP contribution in [-0.2, 0) is 29.2 Å². The van der Waals surface area contributed by atoms with Crippen molar-refractivity contribution in [2.24, 2.45) is 28.6 Å². The van der Waals surface area contributed by atoms with Gasteiger partial charge in [-0.2, -0.15) is 4.31 Å². The monoisotopic (exact) mass is 720 g/mol. The highest BCUT2D eigenvalue weighted by molar-refractivity contribution is 7.89. The minimum atomic E-state index is -3.38. The van der Waals surface area contributed by atoms with E-state index in [1.165, 1.54) is 10.4 Å². The Hall–Kier alpha value is -3.00. The maximum Gasteiger partial charge on any atom is 0.315 e. The van der Waals surface area contributed by atoms with Gasteiger partial charge >= 0.3 is 6.03 Å². The number of urea groups is 1. The molecule has 2 unspecified atom stereocenters. The van der Waals surface area contributed by atoms with Crippen LogP contribution in [-0.4, -0.2) is 103 Å². The molecule has 4 fully saturated rings. The summed E-state index contributed by atoms with van der Waals surface area (Å²) < 4.78 is 26.6. The fourth-order valence-electron chi connectivity index (χ4n) is 8.16. The second-order valence-corrected chi connectivity index (χ2v) is 18.5. The number of piperidine rings is 1. The molecule has 2 saturated carbocycles. The largest absolute Gasteiger partial charge is 0.346 e. The molecular weight excluding hydrogens is 660 g/mol. The Morgan fingerprint density at radius 2 is 1.68 bits per heavy atom. The maximum absolute atomic E-state index is 14.6. The molecule has 4 rings (SSSR count). The zero-order valence-electron chi connectivity index (χ0n) is 30.9. The first-order valence-corrected chi connectivity index (χ1v) is 20.1. The summed E-state index contributed by atoms with van der Waals surface area (Å²) in [5.41, 5.74) is -0.664. The summed E-state index contributed by atoms with van der Waals surface area (Å²) >= 11 is 0. The van der Waals surface area contributed by atoms with E-state index in [0.29, 0.717) is 32.4 Å². The van der Waals surface area contributed by atoms with Gasteiger partial charge in [-0.25, -0.2) is 13.2 Å². The lowest BCUT2D eigenvalue weighted by Crippen LogP contribution is -2.61. The fraction of sp³-hybridized carbons (Fsp3) is 0.806. The number of nitrogens with one attached hydrogen (secondary N) is 4. The number of sulfonamides is 1. The number of fused-ring (bicyclic) bond motifs is 1. The SMILES string of the molecule is C=CCNC(=O)C(=O)C(CCCC)NC(=O)C1[C@@H]2[C@H](CN1C(=O)[C@@H](NC(=O)N[C@H](CN1CCCS1(=O)=O)C(C)(C)C)C1CCCCC1)C2(C)C. The van der Waals surface area contributed by atoms with Gasteiger partial charge in [-0.15, -0.1) is 6.58 Å². The summed E-state index contributed by atoms with van der Waals surface area (Å²) in [5.74, 6) is -2.40. The Kier molecular flexibility index (Phi) is 12.8. The molecule has 4 aliphatic rings. The smallest absolute Gasteiger partial charge is 0.315 e. The average Bonchev–Trinajstić information content (AvgIpc) is 3.34. The quantitative estimate of drug-likeness (QED) is 0.149. The molecule has 282 valence electrons. The van der Waals surface area contributed by atoms with E-state index in [9.17, 15) is 32.4 Å². The Labute approximate surface area is 298 Å². The second kappa shape index (κ2) is 16.1. The van der Waals surface area contributed by atoms with Crippen LogP contribution >= 0.6 is 0 Å². The van der Waals surface area contributed by atoms with Crippen molar-refractivity contribution in [3.63, 3.8) is 0 Å². The maximum atomic E-state index is 14.6. The fourth-order valence-corrected chi connectivity index (χ4v) is 9.70. The molecule has 0 radical (unpaired) electrons. The van der Waals surface area contributed by atoms with Gasteiger partial charge in [-0.3, -0.25) is 19.2 Å². The zero-order chi connectivity index (χ0) is 37.0. The number of Topliss-reactive ketones (excluding diaryl/α,β-unsaturated/α-hetero) is 1. The third-order valence-electron chi connectivity index (χ3n) is 11.5. The summed E-state index contributed by atoms with van der Waals surface area (Å²) in [5, 5.41) is 11.3. The lowest BCUT2D eigenvalue weighted by molar-refractivity contribution is -0.144. The van der Waals surface area contributed by atoms with Crippen molar-refractivity contribution in [1.82, 2.24) is 30.5 Å². The number of carbonyl (C=O) groups is 5. The standard InChI is InChI=1S/C36H60N6O7S/c1-8-10-17-25(30(43)32(45)37-18-9-2)38-31(44)29-27-24(36(27,6)7)21-42(29)33(46)28(23-15-12-11-13-16-23)40-34(47)39-26(35(3,4)5)22-41-19-14-20-50(41,48)49/h9,23-29H,2,8,10-22H2,1,3-7H3,(H,37,45)(H,38,44)(H2,39,40,47)/t24-,25?,26+,27-,28-,29?/m0/s1. The van der Waals surface area contributed by atoms with Crippen LogP contribution in [0.1, 0.15) is 99.3 Å². The Bertz CT molecular complexity index is 1400. The molecule has 13 nitrogen and oxygen atoms in total. The number of hydrogen-bond acceptors (Lipinski definition) is 7. The highest BCUT2D eigenvalue weighted by Gasteiger charge is 2.69. The molecule has 0 spiro atoms. The van der Waals surface area contributed by atoms with Gasteiger partial charge in [-0.05, 0) is 54.3 Å². The summed E-state index contributed by atoms with van der Waals surface area (Å²) in [6.45, 7) is 16.5. The van der Waals surface area contributed by atoms with E-state index in [1.807, 2.05) is 27.7 Å². The number of ketones is 1. The minimum absolute atomic E-state index is 0.0800. The molecule has 4 N–H and O–H groups in total. The van der Waals surface area contributed by atoms with Crippen molar-refractivity contribution in [2.75, 3.05) is 31.9 Å². The molecule has 0 aromatic rings. The summed E-state index contributed by atoms with van der Waals surface area (Å²) in [7, 11) is -3.38. The molecular formula is C36H60N6O7S. The van der Waals surface area contributed by atoms with Crippen molar-refractivity contribution >= 4 is 39.6 Å². The molecule has 2 aliphatic heterocycles. The minimum Gasteiger partial charge on any atom is -0.346 e. The van der Waals surface area contributed by atoms with Gasteiger partial charge in [-0.1, -0.05) is 79.7 Å². The predicted octanol–water partition coefficient (Wildman–Crippen LogP) is 2.71. The predicted molar refractivity (Wildman–Crippen MR) is 191 cm³/mol. The Balaban J connectivity index is 1.55. The number of amides is 5. The number of likely N-dealkylation sites (tertiary alicyclic amines) is 1. The van der Waals surface area contributed by atoms with Gasteiger partial charge in [0.1, 0.15) is 12.1 Å². The van der Waals surface area contributed by atoms with Gasteiger partial charge < -0.3 is 26.2 Å². The highest BCUT2D eigenvalue weighted by Crippen LogP contribution is 2.65.